The van der Waals surface area contributed by atoms with Gasteiger partial charge in [0.05, 0.1) is 28.8 Å². The summed E-state index contributed by atoms with van der Waals surface area (Å²) in [5, 5.41) is 0. The van der Waals surface area contributed by atoms with Crippen LogP contribution in [0.5, 0.6) is 11.5 Å². The Labute approximate surface area is 185 Å². The molecule has 0 aliphatic carbocycles. The number of amides is 1. The number of aryl methyl sites for hydroxylation is 1. The zero-order valence-corrected chi connectivity index (χ0v) is 18.6. The average Bonchev–Trinajstić information content (AvgIpc) is 3.06. The molecule has 156 valence electrons. The first kappa shape index (κ1) is 20.6. The van der Waals surface area contributed by atoms with Crippen LogP contribution in [-0.4, -0.2) is 36.3 Å². The largest absolute Gasteiger partial charge is 0.486 e. The molecule has 1 aromatic heterocycles. The lowest BCUT2D eigenvalue weighted by molar-refractivity contribution is -0.143. The number of aromatic nitrogens is 1. The van der Waals surface area contributed by atoms with Crippen LogP contribution in [0, 0.1) is 0 Å². The van der Waals surface area contributed by atoms with E-state index < -0.39 is 0 Å². The fourth-order valence-electron chi connectivity index (χ4n) is 3.13. The van der Waals surface area contributed by atoms with Gasteiger partial charge in [-0.2, -0.15) is 4.99 Å². The number of carbonyl (C=O) groups is 2. The van der Waals surface area contributed by atoms with Crippen LogP contribution in [0.15, 0.2) is 45.9 Å². The Balaban J connectivity index is 1.80. The monoisotopic (exact) mass is 490 g/mol. The summed E-state index contributed by atoms with van der Waals surface area (Å²) in [6, 6.07) is 10.9. The fraction of sp³-hybridized carbons (Fsp3) is 0.286. The lowest BCUT2D eigenvalue weighted by atomic mass is 10.2. The van der Waals surface area contributed by atoms with Gasteiger partial charge in [-0.25, -0.2) is 0 Å². The molecule has 0 saturated heterocycles. The van der Waals surface area contributed by atoms with Crippen LogP contribution in [-0.2, 0) is 16.1 Å². The Morgan fingerprint density at radius 1 is 1.20 bits per heavy atom. The number of hydrogen-bond acceptors (Lipinski definition) is 6. The van der Waals surface area contributed by atoms with E-state index in [0.717, 1.165) is 10.2 Å². The van der Waals surface area contributed by atoms with Gasteiger partial charge in [0.1, 0.15) is 13.2 Å². The number of thiazole rings is 1. The number of nitrogens with zero attached hydrogens (tertiary/aromatic N) is 2. The molecule has 0 N–H and O–H groups in total. The lowest BCUT2D eigenvalue weighted by Gasteiger charge is -2.18. The molecule has 0 atom stereocenters. The number of halogens is 1. The van der Waals surface area contributed by atoms with Crippen molar-refractivity contribution < 1.29 is 23.8 Å². The molecule has 9 heteroatoms. The molecule has 1 amide bonds. The molecular formula is C21H19BrN2O5S. The first-order valence-electron chi connectivity index (χ1n) is 9.49. The highest BCUT2D eigenvalue weighted by atomic mass is 79.9. The minimum Gasteiger partial charge on any atom is -0.486 e. The smallest absolute Gasteiger partial charge is 0.307 e. The second-order valence-corrected chi connectivity index (χ2v) is 8.32. The van der Waals surface area contributed by atoms with Crippen molar-refractivity contribution in [2.24, 2.45) is 4.99 Å². The van der Waals surface area contributed by atoms with Gasteiger partial charge in [-0.1, -0.05) is 23.5 Å². The summed E-state index contributed by atoms with van der Waals surface area (Å²) in [5.41, 5.74) is 1.30. The first-order valence-corrected chi connectivity index (χ1v) is 11.1. The van der Waals surface area contributed by atoms with E-state index in [0.29, 0.717) is 52.7 Å². The van der Waals surface area contributed by atoms with Gasteiger partial charge < -0.3 is 18.8 Å². The number of esters is 1. The Morgan fingerprint density at radius 2 is 1.93 bits per heavy atom. The number of ether oxygens (including phenoxy) is 3. The molecule has 4 rings (SSSR count). The van der Waals surface area contributed by atoms with Crippen LogP contribution < -0.4 is 14.3 Å². The molecule has 30 heavy (non-hydrogen) atoms. The van der Waals surface area contributed by atoms with Gasteiger partial charge >= 0.3 is 5.97 Å². The third-order valence-electron chi connectivity index (χ3n) is 4.49. The van der Waals surface area contributed by atoms with E-state index in [-0.39, 0.29) is 18.3 Å². The number of benzene rings is 2. The van der Waals surface area contributed by atoms with Crippen molar-refractivity contribution in [3.05, 3.63) is 51.2 Å². The highest BCUT2D eigenvalue weighted by Gasteiger charge is 2.18. The molecule has 0 bridgehead atoms. The maximum atomic E-state index is 12.8. The predicted octanol–water partition coefficient (Wildman–Crippen LogP) is 3.93. The Bertz CT molecular complexity index is 1180. The van der Waals surface area contributed by atoms with Crippen LogP contribution in [0.25, 0.3) is 10.2 Å². The van der Waals surface area contributed by atoms with E-state index in [1.54, 1.807) is 25.1 Å². The summed E-state index contributed by atoms with van der Waals surface area (Å²) in [6.07, 6.45) is 0.171. The maximum absolute atomic E-state index is 12.8. The molecule has 0 fully saturated rings. The van der Waals surface area contributed by atoms with Crippen molar-refractivity contribution in [3.8, 4) is 11.5 Å². The second-order valence-electron chi connectivity index (χ2n) is 6.45. The summed E-state index contributed by atoms with van der Waals surface area (Å²) in [7, 11) is 0. The zero-order chi connectivity index (χ0) is 21.1. The molecule has 1 aliphatic rings. The number of carbonyl (C=O) groups excluding carboxylic acids is 2. The average molecular weight is 491 g/mol. The molecule has 2 aromatic carbocycles. The van der Waals surface area contributed by atoms with Gasteiger partial charge in [0.15, 0.2) is 16.3 Å². The molecule has 3 aromatic rings. The molecule has 2 heterocycles. The first-order chi connectivity index (χ1) is 14.6. The molecule has 0 radical (unpaired) electrons. The third-order valence-corrected chi connectivity index (χ3v) is 6.23. The number of rotatable bonds is 5. The predicted molar refractivity (Wildman–Crippen MR) is 116 cm³/mol. The Hall–Kier alpha value is -2.65. The molecule has 0 spiro atoms. The summed E-state index contributed by atoms with van der Waals surface area (Å²) in [6.45, 7) is 3.39. The van der Waals surface area contributed by atoms with Gasteiger partial charge in [-0.3, -0.25) is 9.59 Å². The highest BCUT2D eigenvalue weighted by Crippen LogP contribution is 2.35. The van der Waals surface area contributed by atoms with Crippen molar-refractivity contribution >= 4 is 49.4 Å². The van der Waals surface area contributed by atoms with E-state index in [2.05, 4.69) is 20.9 Å². The van der Waals surface area contributed by atoms with Gasteiger partial charge in [-0.15, -0.1) is 0 Å². The van der Waals surface area contributed by atoms with Crippen molar-refractivity contribution in [1.82, 2.24) is 4.57 Å². The van der Waals surface area contributed by atoms with E-state index in [1.165, 1.54) is 11.3 Å². The van der Waals surface area contributed by atoms with Gasteiger partial charge in [-0.05, 0) is 35.0 Å². The molecule has 0 saturated carbocycles. The third kappa shape index (κ3) is 4.27. The topological polar surface area (TPSA) is 79.1 Å². The summed E-state index contributed by atoms with van der Waals surface area (Å²) < 4.78 is 19.8. The standard InChI is InChI=1S/C21H19BrN2O5S/c1-2-27-19(25)7-8-24-15-11-16-17(29-10-9-28-16)12-18(15)30-21(24)23-20(26)13-5-3-4-6-14(13)22/h3-6,11-12H,2,7-10H2,1H3. The summed E-state index contributed by atoms with van der Waals surface area (Å²) in [4.78, 5) is 29.6. The molecule has 0 unspecified atom stereocenters. The maximum Gasteiger partial charge on any atom is 0.307 e. The molecule has 7 nitrogen and oxygen atoms in total. The second kappa shape index (κ2) is 9.01. The molecular weight excluding hydrogens is 472 g/mol. The fourth-order valence-corrected chi connectivity index (χ4v) is 4.64. The minimum atomic E-state index is -0.365. The quantitative estimate of drug-likeness (QED) is 0.506. The zero-order valence-electron chi connectivity index (χ0n) is 16.2. The van der Waals surface area contributed by atoms with Gasteiger partial charge in [0.25, 0.3) is 5.91 Å². The normalized spacial score (nSPS) is 13.5. The van der Waals surface area contributed by atoms with Crippen LogP contribution >= 0.6 is 27.3 Å². The van der Waals surface area contributed by atoms with E-state index in [9.17, 15) is 9.59 Å². The highest BCUT2D eigenvalue weighted by molar-refractivity contribution is 9.10. The van der Waals surface area contributed by atoms with Gasteiger partial charge in [0.2, 0.25) is 0 Å². The van der Waals surface area contributed by atoms with Crippen molar-refractivity contribution in [3.63, 3.8) is 0 Å². The van der Waals surface area contributed by atoms with E-state index >= 15 is 0 Å². The minimum absolute atomic E-state index is 0.171. The van der Waals surface area contributed by atoms with Crippen molar-refractivity contribution in [1.29, 1.82) is 0 Å². The van der Waals surface area contributed by atoms with Crippen LogP contribution in [0.3, 0.4) is 0 Å². The lowest BCUT2D eigenvalue weighted by Crippen LogP contribution is -2.20. The Morgan fingerprint density at radius 3 is 2.67 bits per heavy atom. The van der Waals surface area contributed by atoms with Crippen LogP contribution in [0.1, 0.15) is 23.7 Å². The number of fused-ring (bicyclic) bond motifs is 2. The summed E-state index contributed by atoms with van der Waals surface area (Å²) >= 11 is 4.76. The van der Waals surface area contributed by atoms with Crippen LogP contribution in [0.2, 0.25) is 0 Å². The number of hydrogen-bond donors (Lipinski definition) is 0. The van der Waals surface area contributed by atoms with Crippen molar-refractivity contribution in [2.75, 3.05) is 19.8 Å². The van der Waals surface area contributed by atoms with Crippen LogP contribution in [0.4, 0.5) is 0 Å². The molecule has 1 aliphatic heterocycles. The van der Waals surface area contributed by atoms with Crippen molar-refractivity contribution in [2.45, 2.75) is 19.9 Å². The van der Waals surface area contributed by atoms with Gasteiger partial charge in [0, 0.05) is 23.2 Å². The van der Waals surface area contributed by atoms with E-state index in [1.807, 2.05) is 22.8 Å². The SMILES string of the molecule is CCOC(=O)CCn1c(=NC(=O)c2ccccc2Br)sc2cc3c(cc21)OCCO3. The Kier molecular flexibility index (Phi) is 6.19. The van der Waals surface area contributed by atoms with E-state index in [4.69, 9.17) is 14.2 Å². The summed E-state index contributed by atoms with van der Waals surface area (Å²) in [5.74, 6) is 0.637.